The first kappa shape index (κ1) is 16.1. The van der Waals surface area contributed by atoms with Crippen LogP contribution in [-0.2, 0) is 0 Å². The molecule has 3 aliphatic rings. The highest BCUT2D eigenvalue weighted by atomic mass is 32.2. The Morgan fingerprint density at radius 1 is 1.12 bits per heavy atom. The molecule has 5 nitrogen and oxygen atoms in total. The van der Waals surface area contributed by atoms with Crippen LogP contribution in [0, 0.1) is 0 Å². The number of fused-ring (bicyclic) bond motifs is 1. The Morgan fingerprint density at radius 2 is 1.96 bits per heavy atom. The van der Waals surface area contributed by atoms with Gasteiger partial charge in [0.1, 0.15) is 0 Å². The minimum Gasteiger partial charge on any atom is -0.454 e. The van der Waals surface area contributed by atoms with E-state index in [2.05, 4.69) is 9.80 Å². The number of nitrogens with zero attached hydrogens (tertiary/aromatic N) is 2. The Labute approximate surface area is 147 Å². The van der Waals surface area contributed by atoms with E-state index in [0.717, 1.165) is 36.8 Å². The average molecular weight is 348 g/mol. The van der Waals surface area contributed by atoms with Crippen LogP contribution in [-0.4, -0.2) is 66.2 Å². The topological polar surface area (TPSA) is 42.0 Å². The van der Waals surface area contributed by atoms with Crippen LogP contribution >= 0.6 is 11.8 Å². The van der Waals surface area contributed by atoms with Crippen LogP contribution in [0.15, 0.2) is 18.2 Å². The molecule has 0 aromatic heterocycles. The minimum atomic E-state index is 0.125. The number of rotatable bonds is 3. The molecule has 3 aliphatic heterocycles. The largest absolute Gasteiger partial charge is 0.454 e. The molecule has 1 aromatic rings. The summed E-state index contributed by atoms with van der Waals surface area (Å²) < 4.78 is 10.8. The van der Waals surface area contributed by atoms with E-state index < -0.39 is 0 Å². The molecule has 0 aliphatic carbocycles. The highest BCUT2D eigenvalue weighted by Gasteiger charge is 2.29. The van der Waals surface area contributed by atoms with Gasteiger partial charge in [-0.15, -0.1) is 0 Å². The lowest BCUT2D eigenvalue weighted by atomic mass is 10.1. The van der Waals surface area contributed by atoms with Crippen molar-refractivity contribution < 1.29 is 14.3 Å². The van der Waals surface area contributed by atoms with Crippen molar-refractivity contribution in [3.63, 3.8) is 0 Å². The summed E-state index contributed by atoms with van der Waals surface area (Å²) in [6.07, 6.45) is 3.64. The number of amides is 1. The zero-order valence-corrected chi connectivity index (χ0v) is 14.7. The molecule has 24 heavy (non-hydrogen) atoms. The van der Waals surface area contributed by atoms with Crippen molar-refractivity contribution >= 4 is 17.7 Å². The summed E-state index contributed by atoms with van der Waals surface area (Å²) in [5, 5.41) is 0. The van der Waals surface area contributed by atoms with Crippen molar-refractivity contribution in [1.29, 1.82) is 0 Å². The average Bonchev–Trinajstić information content (AvgIpc) is 3.22. The van der Waals surface area contributed by atoms with Crippen LogP contribution in [0.25, 0.3) is 0 Å². The summed E-state index contributed by atoms with van der Waals surface area (Å²) in [4.78, 5) is 17.7. The van der Waals surface area contributed by atoms with Gasteiger partial charge in [0, 0.05) is 24.4 Å². The lowest BCUT2D eigenvalue weighted by molar-refractivity contribution is 0.0666. The predicted octanol–water partition coefficient (Wildman–Crippen LogP) is 2.46. The van der Waals surface area contributed by atoms with Gasteiger partial charge in [0.2, 0.25) is 6.79 Å². The van der Waals surface area contributed by atoms with Crippen LogP contribution in [0.5, 0.6) is 11.5 Å². The molecule has 0 bridgehead atoms. The maximum absolute atomic E-state index is 13.1. The summed E-state index contributed by atoms with van der Waals surface area (Å²) in [7, 11) is 0. The Kier molecular flexibility index (Phi) is 4.85. The van der Waals surface area contributed by atoms with E-state index in [0.29, 0.717) is 17.4 Å². The number of benzene rings is 1. The molecule has 1 atom stereocenters. The van der Waals surface area contributed by atoms with Gasteiger partial charge in [0.25, 0.3) is 5.91 Å². The summed E-state index contributed by atoms with van der Waals surface area (Å²) in [6.45, 7) is 4.44. The molecule has 2 fully saturated rings. The Bertz CT molecular complexity index is 604. The number of thioether (sulfide) groups is 1. The molecule has 4 rings (SSSR count). The third-order valence-electron chi connectivity index (χ3n) is 4.99. The van der Waals surface area contributed by atoms with E-state index >= 15 is 0 Å². The molecular weight excluding hydrogens is 324 g/mol. The quantitative estimate of drug-likeness (QED) is 0.839. The standard InChI is InChI=1S/C18H24N2O3S/c21-18(14-4-5-16-17(10-14)23-13-22-16)20-8-3-9-24-12-15(20)11-19-6-1-2-7-19/h4-5,10,15H,1-3,6-9,11-13H2/t15-/m0/s1. The van der Waals surface area contributed by atoms with Crippen molar-refractivity contribution in [2.24, 2.45) is 0 Å². The van der Waals surface area contributed by atoms with Crippen molar-refractivity contribution in [3.8, 4) is 11.5 Å². The van der Waals surface area contributed by atoms with Crippen LogP contribution in [0.3, 0.4) is 0 Å². The second-order valence-electron chi connectivity index (χ2n) is 6.66. The van der Waals surface area contributed by atoms with Gasteiger partial charge in [-0.25, -0.2) is 0 Å². The van der Waals surface area contributed by atoms with Gasteiger partial charge in [0.05, 0.1) is 6.04 Å². The minimum absolute atomic E-state index is 0.125. The molecule has 1 aromatic carbocycles. The normalized spacial score (nSPS) is 24.2. The molecule has 3 heterocycles. The fraction of sp³-hybridized carbons (Fsp3) is 0.611. The first-order chi connectivity index (χ1) is 11.8. The van der Waals surface area contributed by atoms with Crippen LogP contribution < -0.4 is 9.47 Å². The number of ether oxygens (including phenoxy) is 2. The van der Waals surface area contributed by atoms with E-state index in [1.165, 1.54) is 25.9 Å². The zero-order chi connectivity index (χ0) is 16.4. The van der Waals surface area contributed by atoms with Gasteiger partial charge in [0.15, 0.2) is 11.5 Å². The molecule has 0 N–H and O–H groups in total. The molecule has 6 heteroatoms. The Balaban J connectivity index is 1.52. The highest BCUT2D eigenvalue weighted by molar-refractivity contribution is 7.99. The van der Waals surface area contributed by atoms with Gasteiger partial charge in [-0.3, -0.25) is 4.79 Å². The fourth-order valence-electron chi connectivity index (χ4n) is 3.71. The molecule has 0 spiro atoms. The monoisotopic (exact) mass is 348 g/mol. The lowest BCUT2D eigenvalue weighted by Gasteiger charge is -2.32. The van der Waals surface area contributed by atoms with Crippen molar-refractivity contribution in [1.82, 2.24) is 9.80 Å². The van der Waals surface area contributed by atoms with E-state index in [-0.39, 0.29) is 12.7 Å². The molecule has 1 amide bonds. The van der Waals surface area contributed by atoms with Gasteiger partial charge in [-0.05, 0) is 56.3 Å². The van der Waals surface area contributed by atoms with Gasteiger partial charge in [-0.2, -0.15) is 11.8 Å². The summed E-state index contributed by atoms with van der Waals surface area (Å²) in [5.74, 6) is 3.71. The maximum Gasteiger partial charge on any atom is 0.254 e. The summed E-state index contributed by atoms with van der Waals surface area (Å²) in [5.41, 5.74) is 0.706. The van der Waals surface area contributed by atoms with E-state index in [9.17, 15) is 4.79 Å². The summed E-state index contributed by atoms with van der Waals surface area (Å²) >= 11 is 1.98. The number of hydrogen-bond acceptors (Lipinski definition) is 5. The highest BCUT2D eigenvalue weighted by Crippen LogP contribution is 2.33. The molecule has 0 radical (unpaired) electrons. The number of carbonyl (C=O) groups is 1. The predicted molar refractivity (Wildman–Crippen MR) is 95.0 cm³/mol. The molecule has 2 saturated heterocycles. The number of hydrogen-bond donors (Lipinski definition) is 0. The van der Waals surface area contributed by atoms with Gasteiger partial charge < -0.3 is 19.3 Å². The first-order valence-electron chi connectivity index (χ1n) is 8.82. The fourth-order valence-corrected chi connectivity index (χ4v) is 4.76. The van der Waals surface area contributed by atoms with E-state index in [1.807, 2.05) is 30.0 Å². The Hall–Kier alpha value is -1.40. The Morgan fingerprint density at radius 3 is 2.83 bits per heavy atom. The van der Waals surface area contributed by atoms with E-state index in [1.54, 1.807) is 0 Å². The van der Waals surface area contributed by atoms with Crippen LogP contribution in [0.2, 0.25) is 0 Å². The van der Waals surface area contributed by atoms with Gasteiger partial charge >= 0.3 is 0 Å². The van der Waals surface area contributed by atoms with Gasteiger partial charge in [-0.1, -0.05) is 0 Å². The molecule has 130 valence electrons. The maximum atomic E-state index is 13.1. The number of likely N-dealkylation sites (tertiary alicyclic amines) is 1. The van der Waals surface area contributed by atoms with Crippen molar-refractivity contribution in [3.05, 3.63) is 23.8 Å². The first-order valence-corrected chi connectivity index (χ1v) is 9.97. The smallest absolute Gasteiger partial charge is 0.254 e. The third kappa shape index (κ3) is 3.35. The lowest BCUT2D eigenvalue weighted by Crippen LogP contribution is -2.47. The van der Waals surface area contributed by atoms with Crippen molar-refractivity contribution in [2.75, 3.05) is 44.5 Å². The van der Waals surface area contributed by atoms with Crippen LogP contribution in [0.1, 0.15) is 29.6 Å². The van der Waals surface area contributed by atoms with E-state index in [4.69, 9.17) is 9.47 Å². The second kappa shape index (κ2) is 7.23. The van der Waals surface area contributed by atoms with Crippen molar-refractivity contribution in [2.45, 2.75) is 25.3 Å². The number of carbonyl (C=O) groups excluding carboxylic acids is 1. The zero-order valence-electron chi connectivity index (χ0n) is 13.9. The molecule has 0 saturated carbocycles. The SMILES string of the molecule is O=C(c1ccc2c(c1)OCO2)N1CCCSC[C@@H]1CN1CCCC1. The summed E-state index contributed by atoms with van der Waals surface area (Å²) in [6, 6.07) is 5.84. The molecular formula is C18H24N2O3S. The second-order valence-corrected chi connectivity index (χ2v) is 7.81. The van der Waals surface area contributed by atoms with Crippen LogP contribution in [0.4, 0.5) is 0 Å². The molecule has 0 unspecified atom stereocenters. The third-order valence-corrected chi connectivity index (χ3v) is 6.18.